The number of aromatic nitrogens is 1. The summed E-state index contributed by atoms with van der Waals surface area (Å²) >= 11 is 0. The molecule has 0 spiro atoms. The van der Waals surface area contributed by atoms with Gasteiger partial charge in [-0.3, -0.25) is 4.79 Å². The molecular formula is C15H17FN2O2. The van der Waals surface area contributed by atoms with Gasteiger partial charge in [0.05, 0.1) is 6.54 Å². The van der Waals surface area contributed by atoms with Crippen molar-refractivity contribution < 1.29 is 9.13 Å². The average Bonchev–Trinajstić information content (AvgIpc) is 2.40. The highest BCUT2D eigenvalue weighted by atomic mass is 19.1. The van der Waals surface area contributed by atoms with E-state index in [1.54, 1.807) is 37.4 Å². The van der Waals surface area contributed by atoms with Crippen LogP contribution in [-0.4, -0.2) is 11.2 Å². The summed E-state index contributed by atoms with van der Waals surface area (Å²) in [5, 5.41) is 0. The summed E-state index contributed by atoms with van der Waals surface area (Å²) in [4.78, 5) is 11.5. The Hall–Kier alpha value is -2.14. The summed E-state index contributed by atoms with van der Waals surface area (Å²) in [5.74, 6) is 0.0465. The van der Waals surface area contributed by atoms with E-state index in [1.807, 2.05) is 0 Å². The Bertz CT molecular complexity index is 638. The predicted molar refractivity (Wildman–Crippen MR) is 75.2 cm³/mol. The molecule has 0 saturated carbocycles. The minimum atomic E-state index is -0.380. The number of hydrogen-bond acceptors (Lipinski definition) is 3. The highest BCUT2D eigenvalue weighted by molar-refractivity contribution is 5.30. The number of hydrogen-bond donors (Lipinski definition) is 1. The van der Waals surface area contributed by atoms with Crippen molar-refractivity contribution in [1.29, 1.82) is 0 Å². The predicted octanol–water partition coefficient (Wildman–Crippen LogP) is 2.09. The monoisotopic (exact) mass is 276 g/mol. The number of nitrogens with zero attached hydrogens (tertiary/aromatic N) is 1. The molecule has 5 heteroatoms. The fourth-order valence-electron chi connectivity index (χ4n) is 1.87. The highest BCUT2D eigenvalue weighted by Gasteiger charge is 2.08. The fraction of sp³-hybridized carbons (Fsp3) is 0.267. The second-order valence-corrected chi connectivity index (χ2v) is 4.55. The molecule has 2 aromatic rings. The Balaban J connectivity index is 1.97. The lowest BCUT2D eigenvalue weighted by Crippen LogP contribution is -2.21. The van der Waals surface area contributed by atoms with Crippen molar-refractivity contribution in [2.75, 3.05) is 6.61 Å². The maximum absolute atomic E-state index is 13.7. The Labute approximate surface area is 116 Å². The molecule has 0 saturated heterocycles. The van der Waals surface area contributed by atoms with Crippen LogP contribution in [0.5, 0.6) is 5.75 Å². The number of halogens is 1. The number of ether oxygens (including phenoxy) is 1. The summed E-state index contributed by atoms with van der Waals surface area (Å²) in [6.45, 7) is 2.43. The number of pyridine rings is 1. The van der Waals surface area contributed by atoms with Crippen molar-refractivity contribution in [3.05, 3.63) is 64.3 Å². The van der Waals surface area contributed by atoms with Gasteiger partial charge in [-0.25, -0.2) is 4.39 Å². The minimum Gasteiger partial charge on any atom is -0.492 e. The molecule has 0 amide bonds. The Morgan fingerprint density at radius 1 is 1.35 bits per heavy atom. The van der Waals surface area contributed by atoms with Crippen molar-refractivity contribution in [3.8, 4) is 5.75 Å². The molecule has 0 radical (unpaired) electrons. The summed E-state index contributed by atoms with van der Waals surface area (Å²) in [6, 6.07) is 9.19. The SMILES string of the molecule is CC(N)c1ccc(OCCn2ccccc2=O)cc1F. The molecule has 0 bridgehead atoms. The van der Waals surface area contributed by atoms with E-state index >= 15 is 0 Å². The van der Waals surface area contributed by atoms with Gasteiger partial charge in [0.15, 0.2) is 0 Å². The Kier molecular flexibility index (Phi) is 4.53. The molecule has 2 N–H and O–H groups in total. The molecule has 2 rings (SSSR count). The molecular weight excluding hydrogens is 259 g/mol. The lowest BCUT2D eigenvalue weighted by Gasteiger charge is -2.11. The summed E-state index contributed by atoms with van der Waals surface area (Å²) < 4.78 is 20.7. The summed E-state index contributed by atoms with van der Waals surface area (Å²) in [7, 11) is 0. The van der Waals surface area contributed by atoms with Gasteiger partial charge in [-0.15, -0.1) is 0 Å². The lowest BCUT2D eigenvalue weighted by molar-refractivity contribution is 0.294. The molecule has 106 valence electrons. The first-order valence-electron chi connectivity index (χ1n) is 6.41. The first kappa shape index (κ1) is 14.3. The molecule has 0 aliphatic heterocycles. The minimum absolute atomic E-state index is 0.0883. The molecule has 0 fully saturated rings. The van der Waals surface area contributed by atoms with Gasteiger partial charge in [0.2, 0.25) is 0 Å². The van der Waals surface area contributed by atoms with E-state index in [9.17, 15) is 9.18 Å². The molecule has 0 aliphatic rings. The molecule has 4 nitrogen and oxygen atoms in total. The first-order chi connectivity index (χ1) is 9.58. The Morgan fingerprint density at radius 3 is 2.80 bits per heavy atom. The van der Waals surface area contributed by atoms with Gasteiger partial charge in [-0.2, -0.15) is 0 Å². The second-order valence-electron chi connectivity index (χ2n) is 4.55. The quantitative estimate of drug-likeness (QED) is 0.909. The van der Waals surface area contributed by atoms with Crippen LogP contribution in [0.3, 0.4) is 0 Å². The van der Waals surface area contributed by atoms with Gasteiger partial charge in [0, 0.05) is 29.9 Å². The zero-order valence-corrected chi connectivity index (χ0v) is 11.3. The Morgan fingerprint density at radius 2 is 2.15 bits per heavy atom. The third-order valence-corrected chi connectivity index (χ3v) is 2.96. The molecule has 1 unspecified atom stereocenters. The zero-order chi connectivity index (χ0) is 14.5. The average molecular weight is 276 g/mol. The number of benzene rings is 1. The highest BCUT2D eigenvalue weighted by Crippen LogP contribution is 2.20. The first-order valence-corrected chi connectivity index (χ1v) is 6.41. The lowest BCUT2D eigenvalue weighted by atomic mass is 10.1. The van der Waals surface area contributed by atoms with Crippen molar-refractivity contribution in [3.63, 3.8) is 0 Å². The van der Waals surface area contributed by atoms with Crippen LogP contribution in [0.1, 0.15) is 18.5 Å². The topological polar surface area (TPSA) is 57.2 Å². The molecule has 1 heterocycles. The van der Waals surface area contributed by atoms with E-state index in [0.29, 0.717) is 24.5 Å². The summed E-state index contributed by atoms with van der Waals surface area (Å²) in [5.41, 5.74) is 6.01. The molecule has 1 atom stereocenters. The van der Waals surface area contributed by atoms with Crippen LogP contribution in [0, 0.1) is 5.82 Å². The van der Waals surface area contributed by atoms with Gasteiger partial charge in [0.1, 0.15) is 18.2 Å². The standard InChI is InChI=1S/C15H17FN2O2/c1-11(17)13-6-5-12(10-14(13)16)20-9-8-18-7-3-2-4-15(18)19/h2-7,10-11H,8-9,17H2,1H3. The van der Waals surface area contributed by atoms with Crippen molar-refractivity contribution in [2.24, 2.45) is 5.73 Å². The van der Waals surface area contributed by atoms with Crippen LogP contribution >= 0.6 is 0 Å². The number of nitrogens with two attached hydrogens (primary N) is 1. The smallest absolute Gasteiger partial charge is 0.250 e. The van der Waals surface area contributed by atoms with Crippen molar-refractivity contribution >= 4 is 0 Å². The van der Waals surface area contributed by atoms with E-state index in [2.05, 4.69) is 0 Å². The van der Waals surface area contributed by atoms with Gasteiger partial charge in [-0.1, -0.05) is 12.1 Å². The van der Waals surface area contributed by atoms with Crippen LogP contribution < -0.4 is 16.0 Å². The fourth-order valence-corrected chi connectivity index (χ4v) is 1.87. The third-order valence-electron chi connectivity index (χ3n) is 2.96. The van der Waals surface area contributed by atoms with Crippen LogP contribution in [0.25, 0.3) is 0 Å². The van der Waals surface area contributed by atoms with Crippen LogP contribution in [0.15, 0.2) is 47.4 Å². The summed E-state index contributed by atoms with van der Waals surface area (Å²) in [6.07, 6.45) is 1.69. The largest absolute Gasteiger partial charge is 0.492 e. The van der Waals surface area contributed by atoms with E-state index < -0.39 is 0 Å². The van der Waals surface area contributed by atoms with Crippen LogP contribution in [0.4, 0.5) is 4.39 Å². The number of rotatable bonds is 5. The van der Waals surface area contributed by atoms with Gasteiger partial charge >= 0.3 is 0 Å². The van der Waals surface area contributed by atoms with Gasteiger partial charge in [-0.05, 0) is 19.1 Å². The molecule has 20 heavy (non-hydrogen) atoms. The van der Waals surface area contributed by atoms with E-state index in [0.717, 1.165) is 0 Å². The zero-order valence-electron chi connectivity index (χ0n) is 11.3. The third kappa shape index (κ3) is 3.45. The van der Waals surface area contributed by atoms with Crippen LogP contribution in [-0.2, 0) is 6.54 Å². The normalized spacial score (nSPS) is 12.2. The molecule has 1 aromatic carbocycles. The van der Waals surface area contributed by atoms with Gasteiger partial charge in [0.25, 0.3) is 5.56 Å². The van der Waals surface area contributed by atoms with E-state index in [4.69, 9.17) is 10.5 Å². The maximum atomic E-state index is 13.7. The van der Waals surface area contributed by atoms with Crippen molar-refractivity contribution in [2.45, 2.75) is 19.5 Å². The maximum Gasteiger partial charge on any atom is 0.250 e. The molecule has 1 aromatic heterocycles. The van der Waals surface area contributed by atoms with Crippen molar-refractivity contribution in [1.82, 2.24) is 4.57 Å². The molecule has 0 aliphatic carbocycles. The van der Waals surface area contributed by atoms with Crippen LogP contribution in [0.2, 0.25) is 0 Å². The second kappa shape index (κ2) is 6.34. The van der Waals surface area contributed by atoms with Gasteiger partial charge < -0.3 is 15.0 Å². The van der Waals surface area contributed by atoms with E-state index in [-0.39, 0.29) is 17.4 Å². The van der Waals surface area contributed by atoms with E-state index in [1.165, 1.54) is 16.7 Å².